The number of rotatable bonds is 3. The summed E-state index contributed by atoms with van der Waals surface area (Å²) in [5, 5.41) is 1.41. The summed E-state index contributed by atoms with van der Waals surface area (Å²) in [6, 6.07) is 35.8. The average molecular weight is 901 g/mol. The van der Waals surface area contributed by atoms with Crippen molar-refractivity contribution in [3.05, 3.63) is 124 Å². The van der Waals surface area contributed by atoms with E-state index in [9.17, 15) is 0 Å². The predicted molar refractivity (Wildman–Crippen MR) is 290 cm³/mol. The molecule has 1 aromatic heterocycles. The van der Waals surface area contributed by atoms with Crippen LogP contribution in [0.15, 0.2) is 84.9 Å². The van der Waals surface area contributed by atoms with E-state index in [2.05, 4.69) is 189 Å². The maximum Gasteiger partial charge on any atom is 0.264 e. The fourth-order valence-corrected chi connectivity index (χ4v) is 17.0. The van der Waals surface area contributed by atoms with E-state index < -0.39 is 0 Å². The van der Waals surface area contributed by atoms with E-state index >= 15 is 0 Å². The van der Waals surface area contributed by atoms with Crippen LogP contribution in [0.5, 0.6) is 0 Å². The van der Waals surface area contributed by atoms with Crippen molar-refractivity contribution in [2.45, 2.75) is 180 Å². The molecule has 4 fully saturated rings. The van der Waals surface area contributed by atoms with Crippen molar-refractivity contribution in [2.24, 2.45) is 17.8 Å². The highest BCUT2D eigenvalue weighted by Crippen LogP contribution is 2.62. The number of hydrogen-bond donors (Lipinski definition) is 0. The Hall–Kier alpha value is -4.28. The van der Waals surface area contributed by atoms with Crippen molar-refractivity contribution >= 4 is 78.0 Å². The molecule has 344 valence electrons. The summed E-state index contributed by atoms with van der Waals surface area (Å²) in [5.74, 6) is 2.59. The molecule has 0 amide bonds. The molecule has 4 bridgehead atoms. The Balaban J connectivity index is 1.18. The highest BCUT2D eigenvalue weighted by atomic mass is 32.1. The number of anilines is 6. The first-order valence-electron chi connectivity index (χ1n) is 26.4. The third-order valence-corrected chi connectivity index (χ3v) is 20.8. The lowest BCUT2D eigenvalue weighted by atomic mass is 9.35. The zero-order chi connectivity index (χ0) is 46.5. The Labute approximate surface area is 407 Å². The molecular formula is C63H73BN2S. The van der Waals surface area contributed by atoms with Gasteiger partial charge in [0.25, 0.3) is 6.71 Å². The summed E-state index contributed by atoms with van der Waals surface area (Å²) in [7, 11) is 0. The Morgan fingerprint density at radius 3 is 1.69 bits per heavy atom. The van der Waals surface area contributed by atoms with Crippen molar-refractivity contribution in [2.75, 3.05) is 9.80 Å². The number of hydrogen-bond acceptors (Lipinski definition) is 3. The van der Waals surface area contributed by atoms with Crippen LogP contribution in [0.2, 0.25) is 0 Å². The van der Waals surface area contributed by atoms with Gasteiger partial charge in [-0.15, -0.1) is 11.3 Å². The minimum Gasteiger partial charge on any atom is -0.311 e. The van der Waals surface area contributed by atoms with E-state index in [1.54, 1.807) is 16.7 Å². The Morgan fingerprint density at radius 1 is 0.552 bits per heavy atom. The first-order chi connectivity index (χ1) is 31.6. The zero-order valence-corrected chi connectivity index (χ0v) is 43.6. The monoisotopic (exact) mass is 901 g/mol. The molecular weight excluding hydrogens is 828 g/mol. The van der Waals surface area contributed by atoms with Gasteiger partial charge in [-0.1, -0.05) is 112 Å². The molecule has 6 aliphatic carbocycles. The first kappa shape index (κ1) is 42.8. The fourth-order valence-electron chi connectivity index (χ4n) is 15.7. The lowest BCUT2D eigenvalue weighted by molar-refractivity contribution is -0.00514. The van der Waals surface area contributed by atoms with Crippen LogP contribution in [0.4, 0.5) is 34.1 Å². The minimum absolute atomic E-state index is 0.0389. The van der Waals surface area contributed by atoms with Crippen molar-refractivity contribution in [1.82, 2.24) is 0 Å². The van der Waals surface area contributed by atoms with Gasteiger partial charge < -0.3 is 9.80 Å². The second-order valence-electron chi connectivity index (χ2n) is 27.1. The third-order valence-electron chi connectivity index (χ3n) is 19.5. The molecule has 0 spiro atoms. The van der Waals surface area contributed by atoms with Gasteiger partial charge in [-0.2, -0.15) is 0 Å². The molecule has 2 aliphatic heterocycles. The van der Waals surface area contributed by atoms with Gasteiger partial charge in [0.1, 0.15) is 0 Å². The standard InChI is InChI=1S/C63H73BN2S/c1-37-13-16-43(17-14-37)66-53-30-42(63-34-38-25-39(35-63)27-40(26-38)36-63)29-52-55(53)64(57-56(66)45-28-41(58(2,3)4)15-20-54(45)67-57)50-32-48-49(62(11,12)24-23-61(48,9)10)33-51(50)65(52)44-18-19-46-47(31-44)60(7,8)22-21-59(46,5)6/h13-20,28-33,38-40H,21-27,34-36H2,1-12H3. The van der Waals surface area contributed by atoms with Gasteiger partial charge in [0.2, 0.25) is 0 Å². The van der Waals surface area contributed by atoms with Gasteiger partial charge in [-0.3, -0.25) is 0 Å². The highest BCUT2D eigenvalue weighted by Gasteiger charge is 2.54. The normalized spacial score (nSPS) is 26.5. The van der Waals surface area contributed by atoms with Crippen molar-refractivity contribution < 1.29 is 0 Å². The lowest BCUT2D eigenvalue weighted by Crippen LogP contribution is -2.61. The Kier molecular flexibility index (Phi) is 8.77. The molecule has 0 N–H and O–H groups in total. The fraction of sp³-hybridized carbons (Fsp3) is 0.492. The van der Waals surface area contributed by atoms with Crippen LogP contribution in [0.25, 0.3) is 10.1 Å². The molecule has 0 saturated heterocycles. The Morgan fingerprint density at radius 2 is 1.09 bits per heavy atom. The van der Waals surface area contributed by atoms with E-state index in [4.69, 9.17) is 0 Å². The summed E-state index contributed by atoms with van der Waals surface area (Å²) in [6.45, 7) is 29.6. The predicted octanol–water partition coefficient (Wildman–Crippen LogP) is 15.8. The molecule has 5 aromatic carbocycles. The summed E-state index contributed by atoms with van der Waals surface area (Å²) in [6.07, 6.45) is 13.2. The number of benzene rings is 5. The van der Waals surface area contributed by atoms with Gasteiger partial charge in [0, 0.05) is 43.3 Å². The van der Waals surface area contributed by atoms with E-state index in [1.165, 1.54) is 146 Å². The van der Waals surface area contributed by atoms with Crippen molar-refractivity contribution in [1.29, 1.82) is 0 Å². The molecule has 14 rings (SSSR count). The van der Waals surface area contributed by atoms with E-state index in [0.29, 0.717) is 0 Å². The summed E-state index contributed by atoms with van der Waals surface area (Å²) >= 11 is 2.07. The third kappa shape index (κ3) is 6.18. The van der Waals surface area contributed by atoms with Crippen LogP contribution >= 0.6 is 11.3 Å². The van der Waals surface area contributed by atoms with Crippen LogP contribution in [0, 0.1) is 24.7 Å². The number of fused-ring (bicyclic) bond motifs is 8. The molecule has 2 nitrogen and oxygen atoms in total. The number of aryl methyl sites for hydroxylation is 1. The Bertz CT molecular complexity index is 3040. The second-order valence-corrected chi connectivity index (χ2v) is 28.1. The van der Waals surface area contributed by atoms with Crippen molar-refractivity contribution in [3.63, 3.8) is 0 Å². The average Bonchev–Trinajstić information content (AvgIpc) is 3.64. The van der Waals surface area contributed by atoms with Gasteiger partial charge in [0.15, 0.2) is 0 Å². The van der Waals surface area contributed by atoms with Crippen LogP contribution in [0.1, 0.15) is 179 Å². The van der Waals surface area contributed by atoms with Gasteiger partial charge in [-0.05, 0) is 220 Å². The van der Waals surface area contributed by atoms with Gasteiger partial charge >= 0.3 is 0 Å². The molecule has 4 saturated carbocycles. The second kappa shape index (κ2) is 13.7. The molecule has 0 radical (unpaired) electrons. The summed E-state index contributed by atoms with van der Waals surface area (Å²) < 4.78 is 2.90. The van der Waals surface area contributed by atoms with E-state index in [0.717, 1.165) is 17.8 Å². The van der Waals surface area contributed by atoms with Crippen LogP contribution in [0.3, 0.4) is 0 Å². The van der Waals surface area contributed by atoms with Crippen LogP contribution in [-0.2, 0) is 32.5 Å². The van der Waals surface area contributed by atoms with Gasteiger partial charge in [-0.25, -0.2) is 0 Å². The van der Waals surface area contributed by atoms with E-state index in [1.807, 2.05) is 0 Å². The number of thiophene rings is 1. The van der Waals surface area contributed by atoms with Crippen LogP contribution < -0.4 is 25.5 Å². The zero-order valence-electron chi connectivity index (χ0n) is 42.8. The van der Waals surface area contributed by atoms with Crippen molar-refractivity contribution in [3.8, 4) is 0 Å². The minimum atomic E-state index is 0.0389. The first-order valence-corrected chi connectivity index (χ1v) is 27.2. The largest absolute Gasteiger partial charge is 0.311 e. The maximum atomic E-state index is 2.83. The maximum absolute atomic E-state index is 2.83. The number of nitrogens with zero attached hydrogens (tertiary/aromatic N) is 2. The SMILES string of the molecule is Cc1ccc(N2c3cc(C45CC6CC(CC(C6)C4)C5)cc4c3B(c3cc5c(cc3N4c3ccc4c(c3)C(C)(C)CCC4(C)C)C(C)(C)CCC5(C)C)c3sc4ccc(C(C)(C)C)cc4c32)cc1. The lowest BCUT2D eigenvalue weighted by Gasteiger charge is -2.57. The smallest absolute Gasteiger partial charge is 0.264 e. The highest BCUT2D eigenvalue weighted by molar-refractivity contribution is 7.33. The molecule has 4 heteroatoms. The topological polar surface area (TPSA) is 6.48 Å². The van der Waals surface area contributed by atoms with Gasteiger partial charge in [0.05, 0.1) is 5.69 Å². The molecule has 0 atom stereocenters. The quantitative estimate of drug-likeness (QED) is 0.163. The molecule has 8 aliphatic rings. The molecule has 3 heterocycles. The molecule has 6 aromatic rings. The molecule has 67 heavy (non-hydrogen) atoms. The van der Waals surface area contributed by atoms with E-state index in [-0.39, 0.29) is 39.2 Å². The summed E-state index contributed by atoms with van der Waals surface area (Å²) in [5.41, 5.74) is 22.5. The molecule has 0 unspecified atom stereocenters. The van der Waals surface area contributed by atoms with Crippen LogP contribution in [-0.4, -0.2) is 6.71 Å². The summed E-state index contributed by atoms with van der Waals surface area (Å²) in [4.78, 5) is 5.60.